The molecule has 338 valence electrons. The fourth-order valence-electron chi connectivity index (χ4n) is 6.53. The molecule has 6 heteroatoms. The fraction of sp³-hybridized carbons (Fsp3) is 0.717. The van der Waals surface area contributed by atoms with Gasteiger partial charge < -0.3 is 14.2 Å². The van der Waals surface area contributed by atoms with Gasteiger partial charge in [-0.05, 0) is 83.5 Å². The Morgan fingerprint density at radius 3 is 1.14 bits per heavy atom. The summed E-state index contributed by atoms with van der Waals surface area (Å²) in [5.41, 5.74) is 0. The molecule has 0 saturated heterocycles. The first kappa shape index (κ1) is 55.9. The van der Waals surface area contributed by atoms with Gasteiger partial charge in [0.05, 0.1) is 0 Å². The number of carbonyl (C=O) groups excluding carboxylic acids is 3. The lowest BCUT2D eigenvalue weighted by atomic mass is 10.1. The van der Waals surface area contributed by atoms with Crippen molar-refractivity contribution in [2.45, 2.75) is 232 Å². The van der Waals surface area contributed by atoms with E-state index in [-0.39, 0.29) is 31.1 Å². The van der Waals surface area contributed by atoms with Gasteiger partial charge in [-0.3, -0.25) is 14.4 Å². The second-order valence-corrected chi connectivity index (χ2v) is 16.1. The summed E-state index contributed by atoms with van der Waals surface area (Å²) < 4.78 is 16.7. The van der Waals surface area contributed by atoms with Gasteiger partial charge in [0.15, 0.2) is 6.10 Å². The van der Waals surface area contributed by atoms with E-state index in [1.807, 2.05) is 0 Å². The number of esters is 3. The monoisotopic (exact) mass is 823 g/mol. The lowest BCUT2D eigenvalue weighted by molar-refractivity contribution is -0.167. The second-order valence-electron chi connectivity index (χ2n) is 16.1. The van der Waals surface area contributed by atoms with Crippen LogP contribution in [0.4, 0.5) is 0 Å². The van der Waals surface area contributed by atoms with Crippen LogP contribution in [0.25, 0.3) is 0 Å². The van der Waals surface area contributed by atoms with E-state index in [0.717, 1.165) is 89.9 Å². The number of unbranched alkanes of at least 4 members (excludes halogenated alkanes) is 23. The van der Waals surface area contributed by atoms with Crippen LogP contribution in [0.15, 0.2) is 72.9 Å². The molecule has 0 radical (unpaired) electrons. The van der Waals surface area contributed by atoms with Crippen LogP contribution in [0, 0.1) is 0 Å². The zero-order valence-corrected chi connectivity index (χ0v) is 38.5. The molecule has 0 aliphatic heterocycles. The van der Waals surface area contributed by atoms with Crippen LogP contribution in [-0.4, -0.2) is 37.2 Å². The maximum Gasteiger partial charge on any atom is 0.306 e. The SMILES string of the molecule is CC\C=C/C=C\C=C/CCCCCCCCCC(=O)OCC(COC(=O)CCCCCCC/C=C\CCCC)OC(=O)CCCCCCCC/C=C\C=C/CCCCC. The Kier molecular flexibility index (Phi) is 45.0. The largest absolute Gasteiger partial charge is 0.462 e. The molecule has 1 unspecified atom stereocenters. The summed E-state index contributed by atoms with van der Waals surface area (Å²) in [6.07, 6.45) is 58.8. The molecular weight excluding hydrogens is 733 g/mol. The molecule has 0 saturated carbocycles. The predicted molar refractivity (Wildman–Crippen MR) is 251 cm³/mol. The summed E-state index contributed by atoms with van der Waals surface area (Å²) in [6, 6.07) is 0. The van der Waals surface area contributed by atoms with E-state index in [9.17, 15) is 14.4 Å². The molecule has 0 aliphatic rings. The maximum absolute atomic E-state index is 12.8. The number of hydrogen-bond donors (Lipinski definition) is 0. The predicted octanol–water partition coefficient (Wildman–Crippen LogP) is 15.9. The minimum Gasteiger partial charge on any atom is -0.462 e. The summed E-state index contributed by atoms with van der Waals surface area (Å²) in [5, 5.41) is 0. The molecule has 0 aromatic rings. The Bertz CT molecular complexity index is 1130. The topological polar surface area (TPSA) is 78.9 Å². The van der Waals surface area contributed by atoms with E-state index in [1.54, 1.807) is 0 Å². The van der Waals surface area contributed by atoms with E-state index in [2.05, 4.69) is 93.7 Å². The molecule has 0 aromatic carbocycles. The van der Waals surface area contributed by atoms with E-state index in [4.69, 9.17) is 14.2 Å². The molecular formula is C53H90O6. The van der Waals surface area contributed by atoms with Gasteiger partial charge in [0, 0.05) is 19.3 Å². The van der Waals surface area contributed by atoms with Crippen molar-refractivity contribution in [3.63, 3.8) is 0 Å². The highest BCUT2D eigenvalue weighted by molar-refractivity contribution is 5.71. The van der Waals surface area contributed by atoms with Gasteiger partial charge >= 0.3 is 17.9 Å². The molecule has 0 spiro atoms. The first-order valence-corrected chi connectivity index (χ1v) is 24.5. The summed E-state index contributed by atoms with van der Waals surface area (Å²) in [6.45, 7) is 6.40. The molecule has 0 N–H and O–H groups in total. The van der Waals surface area contributed by atoms with Crippen molar-refractivity contribution in [3.05, 3.63) is 72.9 Å². The van der Waals surface area contributed by atoms with Crippen LogP contribution in [0.3, 0.4) is 0 Å². The van der Waals surface area contributed by atoms with Gasteiger partial charge in [-0.25, -0.2) is 0 Å². The standard InChI is InChI=1S/C53H90O6/c1-4-7-10-13-16-19-22-24-26-28-31-34-37-40-43-46-52(55)58-49-50(48-57-51(54)45-42-39-36-33-30-21-18-15-12-9-6-3)59-53(56)47-44-41-38-35-32-29-27-25-23-20-17-14-11-8-5-2/h7,10,13,15-20,22-23,25,50H,4-6,8-9,11-12,14,21,24,26-49H2,1-3H3/b10-7-,16-13-,18-15-,20-17-,22-19-,25-23-. The van der Waals surface area contributed by atoms with Crippen LogP contribution in [0.2, 0.25) is 0 Å². The Balaban J connectivity index is 4.42. The molecule has 0 heterocycles. The highest BCUT2D eigenvalue weighted by Gasteiger charge is 2.19. The zero-order chi connectivity index (χ0) is 43.0. The third kappa shape index (κ3) is 45.8. The van der Waals surface area contributed by atoms with E-state index in [1.165, 1.54) is 96.3 Å². The number of rotatable bonds is 43. The lowest BCUT2D eigenvalue weighted by Crippen LogP contribution is -2.30. The summed E-state index contributed by atoms with van der Waals surface area (Å²) in [4.78, 5) is 37.9. The average molecular weight is 823 g/mol. The van der Waals surface area contributed by atoms with Crippen molar-refractivity contribution in [3.8, 4) is 0 Å². The first-order chi connectivity index (χ1) is 29.0. The van der Waals surface area contributed by atoms with Crippen LogP contribution >= 0.6 is 0 Å². The van der Waals surface area contributed by atoms with Crippen molar-refractivity contribution >= 4 is 17.9 Å². The molecule has 6 nitrogen and oxygen atoms in total. The van der Waals surface area contributed by atoms with Crippen molar-refractivity contribution in [2.24, 2.45) is 0 Å². The molecule has 0 bridgehead atoms. The van der Waals surface area contributed by atoms with Gasteiger partial charge in [0.25, 0.3) is 0 Å². The lowest BCUT2D eigenvalue weighted by Gasteiger charge is -2.18. The van der Waals surface area contributed by atoms with Gasteiger partial charge in [-0.1, -0.05) is 196 Å². The van der Waals surface area contributed by atoms with Crippen molar-refractivity contribution in [1.82, 2.24) is 0 Å². The average Bonchev–Trinajstić information content (AvgIpc) is 3.23. The summed E-state index contributed by atoms with van der Waals surface area (Å²) in [5.74, 6) is -0.924. The number of carbonyl (C=O) groups is 3. The third-order valence-electron chi connectivity index (χ3n) is 10.3. The van der Waals surface area contributed by atoms with Gasteiger partial charge in [0.2, 0.25) is 0 Å². The fourth-order valence-corrected chi connectivity index (χ4v) is 6.53. The number of ether oxygens (including phenoxy) is 3. The molecule has 0 amide bonds. The van der Waals surface area contributed by atoms with Gasteiger partial charge in [-0.2, -0.15) is 0 Å². The van der Waals surface area contributed by atoms with Crippen molar-refractivity contribution in [1.29, 1.82) is 0 Å². The zero-order valence-electron chi connectivity index (χ0n) is 38.5. The molecule has 0 fully saturated rings. The van der Waals surface area contributed by atoms with E-state index < -0.39 is 6.10 Å². The summed E-state index contributed by atoms with van der Waals surface area (Å²) >= 11 is 0. The smallest absolute Gasteiger partial charge is 0.306 e. The molecule has 59 heavy (non-hydrogen) atoms. The molecule has 0 aromatic heterocycles. The van der Waals surface area contributed by atoms with Crippen LogP contribution in [0.1, 0.15) is 226 Å². The maximum atomic E-state index is 12.8. The van der Waals surface area contributed by atoms with Crippen LogP contribution in [0.5, 0.6) is 0 Å². The Morgan fingerprint density at radius 1 is 0.356 bits per heavy atom. The molecule has 0 rings (SSSR count). The highest BCUT2D eigenvalue weighted by Crippen LogP contribution is 2.14. The van der Waals surface area contributed by atoms with Crippen LogP contribution < -0.4 is 0 Å². The first-order valence-electron chi connectivity index (χ1n) is 24.5. The van der Waals surface area contributed by atoms with Crippen molar-refractivity contribution in [2.75, 3.05) is 13.2 Å². The number of hydrogen-bond acceptors (Lipinski definition) is 6. The van der Waals surface area contributed by atoms with Crippen LogP contribution in [-0.2, 0) is 28.6 Å². The molecule has 0 aliphatic carbocycles. The number of allylic oxidation sites excluding steroid dienone is 12. The minimum atomic E-state index is -0.788. The highest BCUT2D eigenvalue weighted by atomic mass is 16.6. The Hall–Kier alpha value is -3.15. The van der Waals surface area contributed by atoms with Gasteiger partial charge in [-0.15, -0.1) is 0 Å². The summed E-state index contributed by atoms with van der Waals surface area (Å²) in [7, 11) is 0. The second kappa shape index (κ2) is 47.5. The van der Waals surface area contributed by atoms with E-state index in [0.29, 0.717) is 19.3 Å². The Morgan fingerprint density at radius 2 is 0.695 bits per heavy atom. The van der Waals surface area contributed by atoms with Crippen molar-refractivity contribution < 1.29 is 28.6 Å². The van der Waals surface area contributed by atoms with E-state index >= 15 is 0 Å². The minimum absolute atomic E-state index is 0.0892. The Labute approximate surface area is 363 Å². The quantitative estimate of drug-likeness (QED) is 0.0200. The van der Waals surface area contributed by atoms with Gasteiger partial charge in [0.1, 0.15) is 13.2 Å². The molecule has 1 atom stereocenters. The third-order valence-corrected chi connectivity index (χ3v) is 10.3. The normalized spacial score (nSPS) is 12.7.